The summed E-state index contributed by atoms with van der Waals surface area (Å²) in [6.45, 7) is 1.32. The first kappa shape index (κ1) is 22.8. The predicted molar refractivity (Wildman–Crippen MR) is 105 cm³/mol. The number of methoxy groups -OCH3 is 1. The molecule has 2 aromatic carbocycles. The first-order chi connectivity index (χ1) is 13.7. The summed E-state index contributed by atoms with van der Waals surface area (Å²) in [5.41, 5.74) is 0.781. The van der Waals surface area contributed by atoms with Crippen LogP contribution < -0.4 is 5.32 Å². The standard InChI is InChI=1S/C19H20ClFN2O5S/c1-3-23(12-18(24)22-11-13-4-7-15(21)8-5-13)29(26,27)17-9-6-14(10-16(17)20)19(25)28-2/h4-10H,3,11-12H2,1-2H3,(H,22,24). The monoisotopic (exact) mass is 442 g/mol. The van der Waals surface area contributed by atoms with Crippen molar-refractivity contribution in [1.82, 2.24) is 9.62 Å². The molecule has 0 spiro atoms. The summed E-state index contributed by atoms with van der Waals surface area (Å²) in [6.07, 6.45) is 0. The predicted octanol–water partition coefficient (Wildman–Crippen LogP) is 2.59. The van der Waals surface area contributed by atoms with Gasteiger partial charge < -0.3 is 10.1 Å². The lowest BCUT2D eigenvalue weighted by molar-refractivity contribution is -0.121. The lowest BCUT2D eigenvalue weighted by atomic mass is 10.2. The third-order valence-corrected chi connectivity index (χ3v) is 6.45. The van der Waals surface area contributed by atoms with Gasteiger partial charge in [0.25, 0.3) is 0 Å². The first-order valence-corrected chi connectivity index (χ1v) is 10.4. The van der Waals surface area contributed by atoms with Gasteiger partial charge in [-0.3, -0.25) is 4.79 Å². The molecule has 7 nitrogen and oxygen atoms in total. The molecule has 0 atom stereocenters. The Labute approximate surface area is 173 Å². The maximum Gasteiger partial charge on any atom is 0.337 e. The highest BCUT2D eigenvalue weighted by atomic mass is 35.5. The first-order valence-electron chi connectivity index (χ1n) is 8.58. The lowest BCUT2D eigenvalue weighted by Crippen LogP contribution is -2.40. The SMILES string of the molecule is CCN(CC(=O)NCc1ccc(F)cc1)S(=O)(=O)c1ccc(C(=O)OC)cc1Cl. The lowest BCUT2D eigenvalue weighted by Gasteiger charge is -2.21. The zero-order chi connectivity index (χ0) is 21.6. The Hall–Kier alpha value is -2.49. The number of esters is 1. The largest absolute Gasteiger partial charge is 0.465 e. The third kappa shape index (κ3) is 5.75. The van der Waals surface area contributed by atoms with Gasteiger partial charge in [0.2, 0.25) is 15.9 Å². The molecule has 0 heterocycles. The molecule has 29 heavy (non-hydrogen) atoms. The van der Waals surface area contributed by atoms with Crippen LogP contribution >= 0.6 is 11.6 Å². The second kappa shape index (κ2) is 9.82. The van der Waals surface area contributed by atoms with Crippen LogP contribution in [-0.2, 0) is 26.1 Å². The van der Waals surface area contributed by atoms with E-state index in [4.69, 9.17) is 11.6 Å². The molecular weight excluding hydrogens is 423 g/mol. The van der Waals surface area contributed by atoms with Crippen LogP contribution in [0.15, 0.2) is 47.4 Å². The number of sulfonamides is 1. The summed E-state index contributed by atoms with van der Waals surface area (Å²) in [6, 6.07) is 9.26. The molecule has 2 rings (SSSR count). The molecule has 1 amide bonds. The van der Waals surface area contributed by atoms with E-state index < -0.39 is 34.3 Å². The molecular formula is C19H20ClFN2O5S. The Kier molecular flexibility index (Phi) is 7.72. The van der Waals surface area contributed by atoms with Gasteiger partial charge in [-0.2, -0.15) is 4.31 Å². The van der Waals surface area contributed by atoms with E-state index in [1.54, 1.807) is 6.92 Å². The van der Waals surface area contributed by atoms with Gasteiger partial charge in [-0.1, -0.05) is 30.7 Å². The quantitative estimate of drug-likeness (QED) is 0.634. The molecule has 2 aromatic rings. The minimum absolute atomic E-state index is 0.0292. The fraction of sp³-hybridized carbons (Fsp3) is 0.263. The molecule has 0 unspecified atom stereocenters. The molecule has 0 aliphatic rings. The van der Waals surface area contributed by atoms with Crippen LogP contribution in [0, 0.1) is 5.82 Å². The number of rotatable bonds is 8. The van der Waals surface area contributed by atoms with Gasteiger partial charge >= 0.3 is 5.97 Å². The number of nitrogens with one attached hydrogen (secondary N) is 1. The van der Waals surface area contributed by atoms with E-state index in [2.05, 4.69) is 10.1 Å². The molecule has 0 saturated heterocycles. The summed E-state index contributed by atoms with van der Waals surface area (Å²) in [4.78, 5) is 23.5. The average Bonchev–Trinajstić information content (AvgIpc) is 2.70. The van der Waals surface area contributed by atoms with Crippen LogP contribution in [0.3, 0.4) is 0 Å². The van der Waals surface area contributed by atoms with Crippen molar-refractivity contribution in [3.63, 3.8) is 0 Å². The van der Waals surface area contributed by atoms with E-state index in [1.165, 1.54) is 49.6 Å². The molecule has 1 N–H and O–H groups in total. The van der Waals surface area contributed by atoms with Gasteiger partial charge in [-0.05, 0) is 35.9 Å². The van der Waals surface area contributed by atoms with E-state index in [0.29, 0.717) is 5.56 Å². The smallest absolute Gasteiger partial charge is 0.337 e. The number of carbonyl (C=O) groups is 2. The van der Waals surface area contributed by atoms with Gasteiger partial charge in [-0.15, -0.1) is 0 Å². The van der Waals surface area contributed by atoms with Crippen LogP contribution in [0.2, 0.25) is 5.02 Å². The Bertz CT molecular complexity index is 996. The Balaban J connectivity index is 2.11. The molecule has 0 aromatic heterocycles. The number of hydrogen-bond donors (Lipinski definition) is 1. The third-order valence-electron chi connectivity index (χ3n) is 4.05. The van der Waals surface area contributed by atoms with Gasteiger partial charge in [0.1, 0.15) is 10.7 Å². The summed E-state index contributed by atoms with van der Waals surface area (Å²) in [7, 11) is -2.88. The summed E-state index contributed by atoms with van der Waals surface area (Å²) < 4.78 is 44.2. The van der Waals surface area contributed by atoms with Crippen molar-refractivity contribution in [2.45, 2.75) is 18.4 Å². The molecule has 156 valence electrons. The number of halogens is 2. The van der Waals surface area contributed by atoms with Crippen molar-refractivity contribution < 1.29 is 27.1 Å². The Morgan fingerprint density at radius 2 is 1.83 bits per heavy atom. The Morgan fingerprint density at radius 3 is 2.38 bits per heavy atom. The van der Waals surface area contributed by atoms with Gasteiger partial charge in [-0.25, -0.2) is 17.6 Å². The van der Waals surface area contributed by atoms with E-state index in [9.17, 15) is 22.4 Å². The molecule has 0 bridgehead atoms. The fourth-order valence-electron chi connectivity index (χ4n) is 2.48. The van der Waals surface area contributed by atoms with Gasteiger partial charge in [0, 0.05) is 13.1 Å². The van der Waals surface area contributed by atoms with E-state index in [0.717, 1.165) is 4.31 Å². The zero-order valence-electron chi connectivity index (χ0n) is 15.8. The molecule has 0 fully saturated rings. The van der Waals surface area contributed by atoms with Gasteiger partial charge in [0.15, 0.2) is 0 Å². The van der Waals surface area contributed by atoms with Crippen molar-refractivity contribution in [3.05, 3.63) is 64.4 Å². The normalized spacial score (nSPS) is 11.3. The van der Waals surface area contributed by atoms with Crippen molar-refractivity contribution in [2.75, 3.05) is 20.2 Å². The maximum absolute atomic E-state index is 12.9. The van der Waals surface area contributed by atoms with Crippen molar-refractivity contribution in [2.24, 2.45) is 0 Å². The minimum Gasteiger partial charge on any atom is -0.465 e. The molecule has 0 saturated carbocycles. The second-order valence-electron chi connectivity index (χ2n) is 5.97. The van der Waals surface area contributed by atoms with E-state index >= 15 is 0 Å². The number of likely N-dealkylation sites (N-methyl/N-ethyl adjacent to an activating group) is 1. The van der Waals surface area contributed by atoms with Crippen LogP contribution in [0.5, 0.6) is 0 Å². The summed E-state index contributed by atoms with van der Waals surface area (Å²) >= 11 is 6.06. The minimum atomic E-state index is -4.08. The zero-order valence-corrected chi connectivity index (χ0v) is 17.4. The molecule has 10 heteroatoms. The summed E-state index contributed by atoms with van der Waals surface area (Å²) in [5.74, 6) is -1.57. The second-order valence-corrected chi connectivity index (χ2v) is 8.28. The highest BCUT2D eigenvalue weighted by molar-refractivity contribution is 7.89. The molecule has 0 aliphatic carbocycles. The maximum atomic E-state index is 12.9. The highest BCUT2D eigenvalue weighted by Crippen LogP contribution is 2.26. The van der Waals surface area contributed by atoms with Crippen LogP contribution in [0.1, 0.15) is 22.8 Å². The van der Waals surface area contributed by atoms with Crippen molar-refractivity contribution in [1.29, 1.82) is 0 Å². The van der Waals surface area contributed by atoms with Crippen molar-refractivity contribution >= 4 is 33.5 Å². The highest BCUT2D eigenvalue weighted by Gasteiger charge is 2.28. The molecule has 0 radical (unpaired) electrons. The number of amides is 1. The molecule has 0 aliphatic heterocycles. The number of benzene rings is 2. The number of nitrogens with zero attached hydrogens (tertiary/aromatic N) is 1. The summed E-state index contributed by atoms with van der Waals surface area (Å²) in [5, 5.41) is 2.44. The fourth-order valence-corrected chi connectivity index (χ4v) is 4.40. The van der Waals surface area contributed by atoms with Crippen LogP contribution in [0.25, 0.3) is 0 Å². The Morgan fingerprint density at radius 1 is 1.17 bits per heavy atom. The topological polar surface area (TPSA) is 92.8 Å². The number of hydrogen-bond acceptors (Lipinski definition) is 5. The van der Waals surface area contributed by atoms with Crippen LogP contribution in [0.4, 0.5) is 4.39 Å². The van der Waals surface area contributed by atoms with Crippen LogP contribution in [-0.4, -0.2) is 44.8 Å². The van der Waals surface area contributed by atoms with E-state index in [1.807, 2.05) is 0 Å². The number of ether oxygens (including phenoxy) is 1. The van der Waals surface area contributed by atoms with E-state index in [-0.39, 0.29) is 28.6 Å². The average molecular weight is 443 g/mol. The number of carbonyl (C=O) groups excluding carboxylic acids is 2. The van der Waals surface area contributed by atoms with Gasteiger partial charge in [0.05, 0.1) is 24.2 Å². The van der Waals surface area contributed by atoms with Crippen molar-refractivity contribution in [3.8, 4) is 0 Å².